The number of fused-ring (bicyclic) bond motifs is 1. The van der Waals surface area contributed by atoms with E-state index in [0.717, 1.165) is 21.1 Å². The van der Waals surface area contributed by atoms with Crippen molar-refractivity contribution in [3.05, 3.63) is 34.9 Å². The van der Waals surface area contributed by atoms with Gasteiger partial charge in [0.2, 0.25) is 5.91 Å². The minimum absolute atomic E-state index is 0.0416. The fourth-order valence-corrected chi connectivity index (χ4v) is 2.29. The molecular formula is C14H16BrN3O. The molecule has 19 heavy (non-hydrogen) atoms. The molecule has 0 spiro atoms. The summed E-state index contributed by atoms with van der Waals surface area (Å²) in [4.78, 5) is 17.8. The molecule has 0 unspecified atom stereocenters. The Hall–Kier alpha value is -1.62. The van der Waals surface area contributed by atoms with Gasteiger partial charge in [-0.15, -0.1) is 0 Å². The van der Waals surface area contributed by atoms with E-state index in [2.05, 4.69) is 26.2 Å². The molecule has 1 amide bonds. The molecule has 0 bridgehead atoms. The lowest BCUT2D eigenvalue weighted by molar-refractivity contribution is -0.129. The Morgan fingerprint density at radius 1 is 1.37 bits per heavy atom. The van der Waals surface area contributed by atoms with Crippen LogP contribution in [0, 0.1) is 0 Å². The highest BCUT2D eigenvalue weighted by Gasteiger charge is 2.15. The van der Waals surface area contributed by atoms with E-state index in [-0.39, 0.29) is 11.9 Å². The van der Waals surface area contributed by atoms with E-state index < -0.39 is 0 Å². The maximum Gasteiger partial charge on any atom is 0.244 e. The number of rotatable bonds is 3. The molecule has 1 aromatic carbocycles. The van der Waals surface area contributed by atoms with Crippen LogP contribution in [-0.2, 0) is 4.79 Å². The maximum absolute atomic E-state index is 11.9. The third-order valence-electron chi connectivity index (χ3n) is 2.89. The smallest absolute Gasteiger partial charge is 0.244 e. The van der Waals surface area contributed by atoms with Gasteiger partial charge >= 0.3 is 0 Å². The Bertz CT molecular complexity index is 613. The molecule has 0 saturated carbocycles. The number of anilines is 1. The van der Waals surface area contributed by atoms with Gasteiger partial charge in [0.05, 0.1) is 5.52 Å². The van der Waals surface area contributed by atoms with Crippen molar-refractivity contribution in [1.29, 1.82) is 0 Å². The number of amides is 1. The van der Waals surface area contributed by atoms with Gasteiger partial charge in [-0.2, -0.15) is 0 Å². The first-order valence-electron chi connectivity index (χ1n) is 6.01. The van der Waals surface area contributed by atoms with Crippen molar-refractivity contribution in [3.63, 3.8) is 0 Å². The minimum Gasteiger partial charge on any atom is -0.373 e. The molecular weight excluding hydrogens is 306 g/mol. The van der Waals surface area contributed by atoms with Crippen molar-refractivity contribution in [2.24, 2.45) is 0 Å². The predicted molar refractivity (Wildman–Crippen MR) is 81.2 cm³/mol. The van der Waals surface area contributed by atoms with Gasteiger partial charge in [0.1, 0.15) is 6.04 Å². The summed E-state index contributed by atoms with van der Waals surface area (Å²) in [5.41, 5.74) is 1.81. The third kappa shape index (κ3) is 3.04. The number of hydrogen-bond donors (Lipinski definition) is 1. The molecule has 0 radical (unpaired) electrons. The summed E-state index contributed by atoms with van der Waals surface area (Å²) >= 11 is 3.45. The lowest BCUT2D eigenvalue weighted by Gasteiger charge is -2.19. The van der Waals surface area contributed by atoms with Crippen molar-refractivity contribution < 1.29 is 4.79 Å². The molecule has 0 aliphatic heterocycles. The average Bonchev–Trinajstić information content (AvgIpc) is 2.38. The van der Waals surface area contributed by atoms with Gasteiger partial charge in [0, 0.05) is 35.8 Å². The van der Waals surface area contributed by atoms with E-state index in [0.29, 0.717) is 0 Å². The number of aromatic nitrogens is 1. The SMILES string of the molecule is C[C@H](Nc1ccnc2ccc(Br)cc12)C(=O)N(C)C. The highest BCUT2D eigenvalue weighted by Crippen LogP contribution is 2.25. The van der Waals surface area contributed by atoms with Crippen LogP contribution in [0.15, 0.2) is 34.9 Å². The van der Waals surface area contributed by atoms with E-state index in [4.69, 9.17) is 0 Å². The molecule has 1 atom stereocenters. The van der Waals surface area contributed by atoms with Crippen LogP contribution in [0.3, 0.4) is 0 Å². The second kappa shape index (κ2) is 5.57. The van der Waals surface area contributed by atoms with Crippen LogP contribution < -0.4 is 5.32 Å². The number of pyridine rings is 1. The zero-order chi connectivity index (χ0) is 14.0. The third-order valence-corrected chi connectivity index (χ3v) is 3.38. The average molecular weight is 322 g/mol. The number of halogens is 1. The predicted octanol–water partition coefficient (Wildman–Crippen LogP) is 2.89. The highest BCUT2D eigenvalue weighted by molar-refractivity contribution is 9.10. The van der Waals surface area contributed by atoms with Crippen LogP contribution in [0.1, 0.15) is 6.92 Å². The van der Waals surface area contributed by atoms with Crippen molar-refractivity contribution in [2.45, 2.75) is 13.0 Å². The second-order valence-corrected chi connectivity index (χ2v) is 5.53. The van der Waals surface area contributed by atoms with Gasteiger partial charge in [-0.25, -0.2) is 0 Å². The van der Waals surface area contributed by atoms with E-state index >= 15 is 0 Å². The second-order valence-electron chi connectivity index (χ2n) is 4.62. The number of likely N-dealkylation sites (N-methyl/N-ethyl adjacent to an activating group) is 1. The van der Waals surface area contributed by atoms with Crippen LogP contribution in [-0.4, -0.2) is 35.9 Å². The molecule has 0 fully saturated rings. The van der Waals surface area contributed by atoms with Crippen LogP contribution in [0.5, 0.6) is 0 Å². The first-order valence-corrected chi connectivity index (χ1v) is 6.80. The molecule has 5 heteroatoms. The normalized spacial score (nSPS) is 12.2. The van der Waals surface area contributed by atoms with Crippen LogP contribution in [0.4, 0.5) is 5.69 Å². The summed E-state index contributed by atoms with van der Waals surface area (Å²) < 4.78 is 0.989. The zero-order valence-corrected chi connectivity index (χ0v) is 12.7. The Morgan fingerprint density at radius 3 is 2.79 bits per heavy atom. The lowest BCUT2D eigenvalue weighted by atomic mass is 10.1. The molecule has 1 heterocycles. The summed E-state index contributed by atoms with van der Waals surface area (Å²) in [6, 6.07) is 7.50. The van der Waals surface area contributed by atoms with Crippen LogP contribution in [0.25, 0.3) is 10.9 Å². The molecule has 1 N–H and O–H groups in total. The Morgan fingerprint density at radius 2 is 2.11 bits per heavy atom. The number of carbonyl (C=O) groups is 1. The van der Waals surface area contributed by atoms with E-state index in [1.807, 2.05) is 31.2 Å². The summed E-state index contributed by atoms with van der Waals surface area (Å²) in [6.07, 6.45) is 1.74. The molecule has 2 rings (SSSR count). The molecule has 100 valence electrons. The minimum atomic E-state index is -0.278. The maximum atomic E-state index is 11.9. The summed E-state index contributed by atoms with van der Waals surface area (Å²) in [5.74, 6) is 0.0416. The van der Waals surface area contributed by atoms with Crippen LogP contribution >= 0.6 is 15.9 Å². The van der Waals surface area contributed by atoms with Crippen molar-refractivity contribution in [2.75, 3.05) is 19.4 Å². The number of carbonyl (C=O) groups excluding carboxylic acids is 1. The zero-order valence-electron chi connectivity index (χ0n) is 11.1. The Labute approximate surface area is 120 Å². The van der Waals surface area contributed by atoms with Crippen LogP contribution in [0.2, 0.25) is 0 Å². The molecule has 0 aliphatic rings. The Balaban J connectivity index is 2.35. The summed E-state index contributed by atoms with van der Waals surface area (Å²) in [7, 11) is 3.50. The first kappa shape index (κ1) is 13.8. The van der Waals surface area contributed by atoms with Crippen molar-refractivity contribution >= 4 is 38.4 Å². The quantitative estimate of drug-likeness (QED) is 0.945. The molecule has 1 aromatic heterocycles. The number of nitrogens with zero attached hydrogens (tertiary/aromatic N) is 2. The Kier molecular flexibility index (Phi) is 4.04. The lowest BCUT2D eigenvalue weighted by Crippen LogP contribution is -2.36. The van der Waals surface area contributed by atoms with Gasteiger partial charge in [-0.3, -0.25) is 9.78 Å². The topological polar surface area (TPSA) is 45.2 Å². The van der Waals surface area contributed by atoms with E-state index in [1.54, 1.807) is 25.2 Å². The first-order chi connectivity index (χ1) is 8.99. The highest BCUT2D eigenvalue weighted by atomic mass is 79.9. The van der Waals surface area contributed by atoms with Gasteiger partial charge in [0.25, 0.3) is 0 Å². The van der Waals surface area contributed by atoms with E-state index in [1.165, 1.54) is 0 Å². The number of nitrogens with one attached hydrogen (secondary N) is 1. The molecule has 4 nitrogen and oxygen atoms in total. The largest absolute Gasteiger partial charge is 0.373 e. The van der Waals surface area contributed by atoms with Gasteiger partial charge < -0.3 is 10.2 Å². The van der Waals surface area contributed by atoms with Gasteiger partial charge in [-0.1, -0.05) is 15.9 Å². The van der Waals surface area contributed by atoms with Crippen molar-refractivity contribution in [3.8, 4) is 0 Å². The van der Waals surface area contributed by atoms with E-state index in [9.17, 15) is 4.79 Å². The monoisotopic (exact) mass is 321 g/mol. The van der Waals surface area contributed by atoms with Crippen molar-refractivity contribution in [1.82, 2.24) is 9.88 Å². The summed E-state index contributed by atoms with van der Waals surface area (Å²) in [5, 5.41) is 4.24. The summed E-state index contributed by atoms with van der Waals surface area (Å²) in [6.45, 7) is 1.85. The fraction of sp³-hybridized carbons (Fsp3) is 0.286. The number of hydrogen-bond acceptors (Lipinski definition) is 3. The molecule has 2 aromatic rings. The standard InChI is InChI=1S/C14H16BrN3O/c1-9(14(19)18(2)3)17-13-6-7-16-12-5-4-10(15)8-11(12)13/h4-9H,1-3H3,(H,16,17)/t9-/m0/s1. The van der Waals surface area contributed by atoms with Gasteiger partial charge in [-0.05, 0) is 31.2 Å². The molecule has 0 saturated heterocycles. The number of benzene rings is 1. The fourth-order valence-electron chi connectivity index (χ4n) is 1.93. The van der Waals surface area contributed by atoms with Gasteiger partial charge in [0.15, 0.2) is 0 Å². The molecule has 0 aliphatic carbocycles.